The van der Waals surface area contributed by atoms with Crippen LogP contribution in [0.15, 0.2) is 109 Å². The van der Waals surface area contributed by atoms with Gasteiger partial charge in [0.2, 0.25) is 0 Å². The highest BCUT2D eigenvalue weighted by atomic mass is 16.1. The third-order valence-corrected chi connectivity index (χ3v) is 6.54. The van der Waals surface area contributed by atoms with E-state index in [9.17, 15) is 4.79 Å². The van der Waals surface area contributed by atoms with Crippen molar-refractivity contribution >= 4 is 27.9 Å². The van der Waals surface area contributed by atoms with Gasteiger partial charge >= 0.3 is 0 Å². The van der Waals surface area contributed by atoms with Crippen LogP contribution in [-0.2, 0) is 30.7 Å². The smallest absolute Gasteiger partial charge is 0.147 e. The second kappa shape index (κ2) is 9.62. The van der Waals surface area contributed by atoms with Gasteiger partial charge in [-0.15, -0.1) is 0 Å². The molecule has 0 N–H and O–H groups in total. The van der Waals surface area contributed by atoms with Crippen LogP contribution in [0, 0.1) is 0 Å². The number of para-hydroxylation sites is 4. The van der Waals surface area contributed by atoms with Crippen molar-refractivity contribution in [2.75, 3.05) is 0 Å². The van der Waals surface area contributed by atoms with Crippen LogP contribution < -0.4 is 0 Å². The molecule has 0 unspecified atom stereocenters. The first-order valence-corrected chi connectivity index (χ1v) is 12.2. The molecule has 0 fully saturated rings. The second-order valence-electron chi connectivity index (χ2n) is 9.07. The van der Waals surface area contributed by atoms with Crippen molar-refractivity contribution < 1.29 is 4.79 Å². The molecular weight excluding hydrogens is 444 g/mol. The predicted molar refractivity (Wildman–Crippen MR) is 143 cm³/mol. The Morgan fingerprint density at radius 3 is 1.36 bits per heavy atom. The monoisotopic (exact) mass is 470 g/mol. The minimum absolute atomic E-state index is 0.101. The van der Waals surface area contributed by atoms with Crippen molar-refractivity contribution in [1.82, 2.24) is 19.1 Å². The van der Waals surface area contributed by atoms with Crippen molar-refractivity contribution in [3.05, 3.63) is 132 Å². The summed E-state index contributed by atoms with van der Waals surface area (Å²) in [5, 5.41) is 0. The topological polar surface area (TPSA) is 52.7 Å². The SMILES string of the molecule is O=C(Cc1nc2ccccc2n1Cc1ccccc1)Cc1nc2ccccc2n1Cc1ccccc1. The zero-order chi connectivity index (χ0) is 24.3. The van der Waals surface area contributed by atoms with Gasteiger partial charge in [-0.05, 0) is 35.4 Å². The molecule has 2 aromatic heterocycles. The Labute approximate surface area is 209 Å². The molecule has 5 heteroatoms. The summed E-state index contributed by atoms with van der Waals surface area (Å²) < 4.78 is 4.32. The minimum atomic E-state index is 0.101. The van der Waals surface area contributed by atoms with E-state index in [-0.39, 0.29) is 18.6 Å². The van der Waals surface area contributed by atoms with Gasteiger partial charge in [-0.25, -0.2) is 9.97 Å². The second-order valence-corrected chi connectivity index (χ2v) is 9.07. The average Bonchev–Trinajstić information content (AvgIpc) is 3.42. The Kier molecular flexibility index (Phi) is 5.88. The number of carbonyl (C=O) groups excluding carboxylic acids is 1. The number of hydrogen-bond acceptors (Lipinski definition) is 3. The molecule has 0 radical (unpaired) electrons. The van der Waals surface area contributed by atoms with E-state index in [1.54, 1.807) is 0 Å². The number of nitrogens with zero attached hydrogens (tertiary/aromatic N) is 4. The molecule has 5 nitrogen and oxygen atoms in total. The summed E-state index contributed by atoms with van der Waals surface area (Å²) in [7, 11) is 0. The molecule has 176 valence electrons. The molecule has 0 aliphatic rings. The Morgan fingerprint density at radius 1 is 0.528 bits per heavy atom. The molecule has 6 aromatic rings. The normalized spacial score (nSPS) is 11.3. The fraction of sp³-hybridized carbons (Fsp3) is 0.129. The lowest BCUT2D eigenvalue weighted by Crippen LogP contribution is -2.16. The molecule has 4 aromatic carbocycles. The number of carbonyl (C=O) groups is 1. The van der Waals surface area contributed by atoms with E-state index in [0.29, 0.717) is 13.1 Å². The summed E-state index contributed by atoms with van der Waals surface area (Å²) in [4.78, 5) is 23.1. The summed E-state index contributed by atoms with van der Waals surface area (Å²) in [6, 6.07) is 36.7. The Balaban J connectivity index is 1.31. The zero-order valence-corrected chi connectivity index (χ0v) is 19.9. The van der Waals surface area contributed by atoms with Crippen molar-refractivity contribution in [1.29, 1.82) is 0 Å². The fourth-order valence-electron chi connectivity index (χ4n) is 4.82. The van der Waals surface area contributed by atoms with Gasteiger partial charge < -0.3 is 9.13 Å². The molecule has 0 saturated carbocycles. The maximum absolute atomic E-state index is 13.4. The molecule has 0 saturated heterocycles. The number of ketones is 1. The molecular formula is C31H26N4O. The molecule has 0 aliphatic carbocycles. The highest BCUT2D eigenvalue weighted by Gasteiger charge is 2.18. The summed E-state index contributed by atoms with van der Waals surface area (Å²) >= 11 is 0. The Hall–Kier alpha value is -4.51. The molecule has 2 heterocycles. The maximum Gasteiger partial charge on any atom is 0.147 e. The van der Waals surface area contributed by atoms with Gasteiger partial charge in [0.15, 0.2) is 0 Å². The molecule has 0 amide bonds. The van der Waals surface area contributed by atoms with Crippen molar-refractivity contribution in [2.24, 2.45) is 0 Å². The highest BCUT2D eigenvalue weighted by Crippen LogP contribution is 2.21. The lowest BCUT2D eigenvalue weighted by atomic mass is 10.1. The van der Waals surface area contributed by atoms with Crippen LogP contribution in [0.4, 0.5) is 0 Å². The van der Waals surface area contributed by atoms with Crippen LogP contribution in [0.1, 0.15) is 22.8 Å². The van der Waals surface area contributed by atoms with Crippen molar-refractivity contribution in [2.45, 2.75) is 25.9 Å². The number of Topliss-reactive ketones (excluding diaryl/α,β-unsaturated/α-hetero) is 1. The van der Waals surface area contributed by atoms with Crippen LogP contribution in [-0.4, -0.2) is 24.9 Å². The summed E-state index contributed by atoms with van der Waals surface area (Å²) in [5.74, 6) is 1.68. The van der Waals surface area contributed by atoms with E-state index >= 15 is 0 Å². The predicted octanol–water partition coefficient (Wildman–Crippen LogP) is 5.84. The highest BCUT2D eigenvalue weighted by molar-refractivity contribution is 5.85. The molecule has 0 spiro atoms. The third kappa shape index (κ3) is 4.43. The number of rotatable bonds is 8. The summed E-state index contributed by atoms with van der Waals surface area (Å²) in [5.41, 5.74) is 6.26. The standard InChI is InChI=1S/C31H26N4O/c36-25(19-30-32-26-15-7-9-17-28(26)34(30)21-23-11-3-1-4-12-23)20-31-33-27-16-8-10-18-29(27)35(31)22-24-13-5-2-6-14-24/h1-18H,19-22H2. The van der Waals surface area contributed by atoms with Gasteiger partial charge in [-0.2, -0.15) is 0 Å². The van der Waals surface area contributed by atoms with Crippen LogP contribution >= 0.6 is 0 Å². The van der Waals surface area contributed by atoms with Gasteiger partial charge in [0.1, 0.15) is 17.4 Å². The first-order chi connectivity index (χ1) is 17.7. The first-order valence-electron chi connectivity index (χ1n) is 12.2. The average molecular weight is 471 g/mol. The first kappa shape index (κ1) is 22.0. The van der Waals surface area contributed by atoms with E-state index in [0.717, 1.165) is 33.7 Å². The number of hydrogen-bond donors (Lipinski definition) is 0. The molecule has 0 bridgehead atoms. The van der Waals surface area contributed by atoms with E-state index in [1.165, 1.54) is 11.1 Å². The van der Waals surface area contributed by atoms with E-state index in [2.05, 4.69) is 45.5 Å². The van der Waals surface area contributed by atoms with Gasteiger partial charge in [-0.1, -0.05) is 84.9 Å². The van der Waals surface area contributed by atoms with Crippen LogP contribution in [0.5, 0.6) is 0 Å². The van der Waals surface area contributed by atoms with Gasteiger partial charge in [0.25, 0.3) is 0 Å². The lowest BCUT2D eigenvalue weighted by molar-refractivity contribution is -0.118. The number of imidazole rings is 2. The quantitative estimate of drug-likeness (QED) is 0.281. The lowest BCUT2D eigenvalue weighted by Gasteiger charge is -2.11. The third-order valence-electron chi connectivity index (χ3n) is 6.54. The Morgan fingerprint density at radius 2 is 0.917 bits per heavy atom. The maximum atomic E-state index is 13.4. The van der Waals surface area contributed by atoms with Crippen molar-refractivity contribution in [3.63, 3.8) is 0 Å². The molecule has 6 rings (SSSR count). The van der Waals surface area contributed by atoms with Crippen LogP contribution in [0.3, 0.4) is 0 Å². The Bertz CT molecular complexity index is 1520. The largest absolute Gasteiger partial charge is 0.323 e. The van der Waals surface area contributed by atoms with Gasteiger partial charge in [0.05, 0.1) is 34.9 Å². The molecule has 36 heavy (non-hydrogen) atoms. The van der Waals surface area contributed by atoms with E-state index in [1.807, 2.05) is 72.8 Å². The van der Waals surface area contributed by atoms with E-state index < -0.39 is 0 Å². The molecule has 0 aliphatic heterocycles. The van der Waals surface area contributed by atoms with Crippen molar-refractivity contribution in [3.8, 4) is 0 Å². The number of benzene rings is 4. The summed E-state index contributed by atoms with van der Waals surface area (Å²) in [6.45, 7) is 1.35. The number of aromatic nitrogens is 4. The minimum Gasteiger partial charge on any atom is -0.323 e. The van der Waals surface area contributed by atoms with Crippen LogP contribution in [0.25, 0.3) is 22.1 Å². The van der Waals surface area contributed by atoms with Gasteiger partial charge in [-0.3, -0.25) is 4.79 Å². The molecule has 0 atom stereocenters. The van der Waals surface area contributed by atoms with Gasteiger partial charge in [0, 0.05) is 13.1 Å². The fourth-order valence-corrected chi connectivity index (χ4v) is 4.82. The zero-order valence-electron chi connectivity index (χ0n) is 19.9. The van der Waals surface area contributed by atoms with E-state index in [4.69, 9.17) is 9.97 Å². The van der Waals surface area contributed by atoms with Crippen LogP contribution in [0.2, 0.25) is 0 Å². The summed E-state index contributed by atoms with van der Waals surface area (Å²) in [6.07, 6.45) is 0.520. The number of fused-ring (bicyclic) bond motifs is 2.